The normalized spacial score (nSPS) is 10.6. The standard InChI is InChI=1S/C10H10ClN3O/c1-12-10(15)9-13-7-4-3-6(11)5-8(7)14(9)2/h3-5H,1-2H3,(H,12,15). The first-order valence-corrected chi connectivity index (χ1v) is 4.85. The number of hydrogen-bond acceptors (Lipinski definition) is 2. The van der Waals surface area contributed by atoms with Crippen LogP contribution in [0.15, 0.2) is 18.2 Å². The maximum atomic E-state index is 11.5. The van der Waals surface area contributed by atoms with Gasteiger partial charge in [0.15, 0.2) is 5.82 Å². The third-order valence-corrected chi connectivity index (χ3v) is 2.51. The maximum Gasteiger partial charge on any atom is 0.287 e. The van der Waals surface area contributed by atoms with Crippen LogP contribution in [-0.4, -0.2) is 22.5 Å². The number of aromatic nitrogens is 2. The number of hydrogen-bond donors (Lipinski definition) is 1. The van der Waals surface area contributed by atoms with Crippen molar-refractivity contribution in [1.82, 2.24) is 14.9 Å². The van der Waals surface area contributed by atoms with Crippen LogP contribution in [0.25, 0.3) is 11.0 Å². The van der Waals surface area contributed by atoms with Crippen LogP contribution < -0.4 is 5.32 Å². The lowest BCUT2D eigenvalue weighted by Gasteiger charge is -1.99. The van der Waals surface area contributed by atoms with Gasteiger partial charge in [-0.25, -0.2) is 4.98 Å². The summed E-state index contributed by atoms with van der Waals surface area (Å²) in [4.78, 5) is 15.7. The van der Waals surface area contributed by atoms with Gasteiger partial charge >= 0.3 is 0 Å². The first-order valence-electron chi connectivity index (χ1n) is 4.47. The molecule has 4 nitrogen and oxygen atoms in total. The molecule has 0 aliphatic carbocycles. The largest absolute Gasteiger partial charge is 0.352 e. The highest BCUT2D eigenvalue weighted by Gasteiger charge is 2.13. The molecule has 78 valence electrons. The average Bonchev–Trinajstić information content (AvgIpc) is 2.55. The quantitative estimate of drug-likeness (QED) is 0.798. The second kappa shape index (κ2) is 3.55. The second-order valence-electron chi connectivity index (χ2n) is 3.21. The molecule has 0 bridgehead atoms. The van der Waals surface area contributed by atoms with Gasteiger partial charge in [0.05, 0.1) is 11.0 Å². The molecule has 1 amide bonds. The molecule has 0 aliphatic heterocycles. The topological polar surface area (TPSA) is 46.9 Å². The van der Waals surface area contributed by atoms with Gasteiger partial charge in [-0.05, 0) is 18.2 Å². The number of carbonyl (C=O) groups excluding carboxylic acids is 1. The number of fused-ring (bicyclic) bond motifs is 1. The van der Waals surface area contributed by atoms with Crippen molar-refractivity contribution in [3.8, 4) is 0 Å². The van der Waals surface area contributed by atoms with Gasteiger partial charge in [-0.3, -0.25) is 4.79 Å². The third kappa shape index (κ3) is 1.57. The molecule has 1 N–H and O–H groups in total. The number of aryl methyl sites for hydroxylation is 1. The van der Waals surface area contributed by atoms with E-state index in [0.717, 1.165) is 11.0 Å². The van der Waals surface area contributed by atoms with Crippen molar-refractivity contribution < 1.29 is 4.79 Å². The Hall–Kier alpha value is -1.55. The monoisotopic (exact) mass is 223 g/mol. The fourth-order valence-corrected chi connectivity index (χ4v) is 1.64. The Morgan fingerprint density at radius 3 is 2.93 bits per heavy atom. The first kappa shape index (κ1) is 9.98. The molecule has 2 aromatic rings. The van der Waals surface area contributed by atoms with Crippen molar-refractivity contribution in [2.75, 3.05) is 7.05 Å². The second-order valence-corrected chi connectivity index (χ2v) is 3.64. The Balaban J connectivity index is 2.69. The molecule has 0 saturated carbocycles. The van der Waals surface area contributed by atoms with Gasteiger partial charge in [-0.15, -0.1) is 0 Å². The molecule has 1 aromatic carbocycles. The minimum atomic E-state index is -0.204. The van der Waals surface area contributed by atoms with Gasteiger partial charge in [0.25, 0.3) is 5.91 Å². The van der Waals surface area contributed by atoms with E-state index in [1.54, 1.807) is 36.9 Å². The average molecular weight is 224 g/mol. The zero-order chi connectivity index (χ0) is 11.0. The third-order valence-electron chi connectivity index (χ3n) is 2.27. The minimum absolute atomic E-state index is 0.204. The van der Waals surface area contributed by atoms with Crippen LogP contribution in [0, 0.1) is 0 Å². The predicted molar refractivity (Wildman–Crippen MR) is 59.1 cm³/mol. The van der Waals surface area contributed by atoms with Crippen LogP contribution in [0.4, 0.5) is 0 Å². The van der Waals surface area contributed by atoms with Crippen molar-refractivity contribution in [3.05, 3.63) is 29.0 Å². The maximum absolute atomic E-state index is 11.5. The van der Waals surface area contributed by atoms with Gasteiger partial charge in [0.1, 0.15) is 0 Å². The van der Waals surface area contributed by atoms with E-state index >= 15 is 0 Å². The number of rotatable bonds is 1. The number of nitrogens with one attached hydrogen (secondary N) is 1. The summed E-state index contributed by atoms with van der Waals surface area (Å²) in [6, 6.07) is 5.34. The van der Waals surface area contributed by atoms with Crippen LogP contribution in [0.3, 0.4) is 0 Å². The van der Waals surface area contributed by atoms with E-state index in [-0.39, 0.29) is 5.91 Å². The molecule has 15 heavy (non-hydrogen) atoms. The molecule has 0 atom stereocenters. The van der Waals surface area contributed by atoms with Crippen LogP contribution in [0.1, 0.15) is 10.6 Å². The van der Waals surface area contributed by atoms with Crippen molar-refractivity contribution >= 4 is 28.5 Å². The number of imidazole rings is 1. The highest BCUT2D eigenvalue weighted by molar-refractivity contribution is 6.31. The lowest BCUT2D eigenvalue weighted by Crippen LogP contribution is -2.21. The molecular formula is C10H10ClN3O. The van der Waals surface area contributed by atoms with Crippen molar-refractivity contribution in [1.29, 1.82) is 0 Å². The molecule has 5 heteroatoms. The number of amides is 1. The Labute approximate surface area is 91.9 Å². The van der Waals surface area contributed by atoms with E-state index in [4.69, 9.17) is 11.6 Å². The van der Waals surface area contributed by atoms with E-state index in [1.807, 2.05) is 0 Å². The summed E-state index contributed by atoms with van der Waals surface area (Å²) in [6.07, 6.45) is 0. The smallest absolute Gasteiger partial charge is 0.287 e. The Morgan fingerprint density at radius 1 is 1.53 bits per heavy atom. The minimum Gasteiger partial charge on any atom is -0.352 e. The zero-order valence-electron chi connectivity index (χ0n) is 8.41. The summed E-state index contributed by atoms with van der Waals surface area (Å²) in [6.45, 7) is 0. The summed E-state index contributed by atoms with van der Waals surface area (Å²) >= 11 is 5.87. The van der Waals surface area contributed by atoms with Crippen LogP contribution >= 0.6 is 11.6 Å². The lowest BCUT2D eigenvalue weighted by atomic mass is 10.3. The molecule has 0 radical (unpaired) electrons. The Bertz CT molecular complexity index is 533. The van der Waals surface area contributed by atoms with Crippen LogP contribution in [-0.2, 0) is 7.05 Å². The molecule has 0 saturated heterocycles. The SMILES string of the molecule is CNC(=O)c1nc2ccc(Cl)cc2n1C. The number of carbonyl (C=O) groups is 1. The number of nitrogens with zero attached hydrogens (tertiary/aromatic N) is 2. The molecular weight excluding hydrogens is 214 g/mol. The molecule has 1 aromatic heterocycles. The summed E-state index contributed by atoms with van der Waals surface area (Å²) in [5.74, 6) is 0.180. The molecule has 1 heterocycles. The fraction of sp³-hybridized carbons (Fsp3) is 0.200. The first-order chi connectivity index (χ1) is 7.13. The zero-order valence-corrected chi connectivity index (χ0v) is 9.17. The highest BCUT2D eigenvalue weighted by atomic mass is 35.5. The van der Waals surface area contributed by atoms with Crippen molar-refractivity contribution in [2.45, 2.75) is 0 Å². The summed E-state index contributed by atoms with van der Waals surface area (Å²) in [7, 11) is 3.37. The molecule has 0 spiro atoms. The van der Waals surface area contributed by atoms with E-state index in [2.05, 4.69) is 10.3 Å². The van der Waals surface area contributed by atoms with E-state index in [1.165, 1.54) is 0 Å². The summed E-state index contributed by atoms with van der Waals surface area (Å²) < 4.78 is 1.72. The molecule has 0 unspecified atom stereocenters. The Morgan fingerprint density at radius 2 is 2.27 bits per heavy atom. The van der Waals surface area contributed by atoms with Gasteiger partial charge in [-0.2, -0.15) is 0 Å². The molecule has 2 rings (SSSR count). The van der Waals surface area contributed by atoms with Gasteiger partial charge in [0.2, 0.25) is 0 Å². The van der Waals surface area contributed by atoms with Gasteiger partial charge < -0.3 is 9.88 Å². The number of halogens is 1. The molecule has 0 aliphatic rings. The summed E-state index contributed by atoms with van der Waals surface area (Å²) in [5.41, 5.74) is 1.61. The predicted octanol–water partition coefficient (Wildman–Crippen LogP) is 1.59. The molecule has 0 fully saturated rings. The van der Waals surface area contributed by atoms with E-state index in [0.29, 0.717) is 10.8 Å². The van der Waals surface area contributed by atoms with Gasteiger partial charge in [-0.1, -0.05) is 11.6 Å². The number of benzene rings is 1. The van der Waals surface area contributed by atoms with Crippen molar-refractivity contribution in [2.24, 2.45) is 7.05 Å². The van der Waals surface area contributed by atoms with E-state index < -0.39 is 0 Å². The van der Waals surface area contributed by atoms with Crippen molar-refractivity contribution in [3.63, 3.8) is 0 Å². The van der Waals surface area contributed by atoms with E-state index in [9.17, 15) is 4.79 Å². The lowest BCUT2D eigenvalue weighted by molar-refractivity contribution is 0.0950. The Kier molecular flexibility index (Phi) is 2.36. The summed E-state index contributed by atoms with van der Waals surface area (Å²) in [5, 5.41) is 3.18. The van der Waals surface area contributed by atoms with Gasteiger partial charge in [0, 0.05) is 19.1 Å². The fourth-order valence-electron chi connectivity index (χ4n) is 1.48. The van der Waals surface area contributed by atoms with Crippen LogP contribution in [0.2, 0.25) is 5.02 Å². The van der Waals surface area contributed by atoms with Crippen LogP contribution in [0.5, 0.6) is 0 Å². The highest BCUT2D eigenvalue weighted by Crippen LogP contribution is 2.19.